The molecule has 0 unspecified atom stereocenters. The van der Waals surface area contributed by atoms with E-state index in [4.69, 9.17) is 9.97 Å². The quantitative estimate of drug-likeness (QED) is 0.165. The molecule has 0 radical (unpaired) electrons. The molecule has 1 amide bonds. The summed E-state index contributed by atoms with van der Waals surface area (Å²) in [5.74, 6) is 0.350. The monoisotopic (exact) mass is 571 g/mol. The summed E-state index contributed by atoms with van der Waals surface area (Å²) in [5, 5.41) is 11.1. The molecule has 1 aromatic heterocycles. The lowest BCUT2D eigenvalue weighted by atomic mass is 9.82. The first-order valence-corrected chi connectivity index (χ1v) is 14.8. The summed E-state index contributed by atoms with van der Waals surface area (Å²) in [4.78, 5) is 22.8. The van der Waals surface area contributed by atoms with Crippen molar-refractivity contribution >= 4 is 34.1 Å². The minimum atomic E-state index is -0.152. The summed E-state index contributed by atoms with van der Waals surface area (Å²) in [5.41, 5.74) is 7.34. The predicted molar refractivity (Wildman–Crippen MR) is 179 cm³/mol. The van der Waals surface area contributed by atoms with E-state index >= 15 is 0 Å². The molecular formula is C37H41N5O. The van der Waals surface area contributed by atoms with Crippen molar-refractivity contribution in [1.82, 2.24) is 15.3 Å². The van der Waals surface area contributed by atoms with Crippen LogP contribution in [0.2, 0.25) is 0 Å². The molecule has 0 atom stereocenters. The molecule has 5 aromatic rings. The van der Waals surface area contributed by atoms with Gasteiger partial charge in [0.25, 0.3) is 5.91 Å². The number of anilines is 3. The van der Waals surface area contributed by atoms with Crippen LogP contribution in [-0.2, 0) is 6.54 Å². The van der Waals surface area contributed by atoms with Crippen molar-refractivity contribution in [3.05, 3.63) is 114 Å². The zero-order valence-electron chi connectivity index (χ0n) is 26.0. The second-order valence-electron chi connectivity index (χ2n) is 13.1. The lowest BCUT2D eigenvalue weighted by Gasteiger charge is -2.33. The third kappa shape index (κ3) is 7.85. The lowest BCUT2D eigenvalue weighted by Crippen LogP contribution is -2.41. The third-order valence-electron chi connectivity index (χ3n) is 7.35. The van der Waals surface area contributed by atoms with Crippen LogP contribution in [0.15, 0.2) is 97.1 Å². The van der Waals surface area contributed by atoms with Crippen LogP contribution in [0.1, 0.15) is 62.5 Å². The molecule has 6 heteroatoms. The second kappa shape index (κ2) is 12.4. The summed E-state index contributed by atoms with van der Waals surface area (Å²) in [6, 6.07) is 31.7. The number of hydrogen-bond donors (Lipinski definition) is 3. The van der Waals surface area contributed by atoms with E-state index in [1.165, 1.54) is 0 Å². The first-order valence-electron chi connectivity index (χ1n) is 14.8. The second-order valence-corrected chi connectivity index (χ2v) is 13.1. The molecule has 0 spiro atoms. The molecule has 6 nitrogen and oxygen atoms in total. The molecule has 0 saturated carbocycles. The van der Waals surface area contributed by atoms with Gasteiger partial charge >= 0.3 is 0 Å². The summed E-state index contributed by atoms with van der Waals surface area (Å²) >= 11 is 0. The molecule has 0 bridgehead atoms. The Labute approximate surface area is 255 Å². The highest BCUT2D eigenvalue weighted by Gasteiger charge is 2.24. The topological polar surface area (TPSA) is 78.9 Å². The van der Waals surface area contributed by atoms with Gasteiger partial charge in [-0.1, -0.05) is 81.4 Å². The number of fused-ring (bicyclic) bond motifs is 1. The Hall–Kier alpha value is -4.55. The minimum absolute atomic E-state index is 0.00330. The van der Waals surface area contributed by atoms with Crippen LogP contribution in [0.4, 0.5) is 17.3 Å². The van der Waals surface area contributed by atoms with Gasteiger partial charge in [0.05, 0.1) is 11.2 Å². The number of rotatable bonds is 9. The van der Waals surface area contributed by atoms with Gasteiger partial charge in [0, 0.05) is 40.0 Å². The highest BCUT2D eigenvalue weighted by atomic mass is 16.1. The van der Waals surface area contributed by atoms with Crippen molar-refractivity contribution in [1.29, 1.82) is 0 Å². The highest BCUT2D eigenvalue weighted by Crippen LogP contribution is 2.29. The maximum absolute atomic E-state index is 13.2. The summed E-state index contributed by atoms with van der Waals surface area (Å²) in [6.45, 7) is 14.0. The Morgan fingerprint density at radius 1 is 0.791 bits per heavy atom. The van der Waals surface area contributed by atoms with E-state index in [1.54, 1.807) is 0 Å². The van der Waals surface area contributed by atoms with E-state index in [2.05, 4.69) is 68.8 Å². The van der Waals surface area contributed by atoms with Crippen LogP contribution in [0.25, 0.3) is 22.2 Å². The smallest absolute Gasteiger partial charge is 0.255 e. The van der Waals surface area contributed by atoms with Crippen LogP contribution in [-0.4, -0.2) is 21.4 Å². The summed E-state index contributed by atoms with van der Waals surface area (Å²) in [7, 11) is 0. The van der Waals surface area contributed by atoms with Crippen LogP contribution in [0, 0.1) is 12.3 Å². The van der Waals surface area contributed by atoms with Crippen LogP contribution >= 0.6 is 0 Å². The Bertz CT molecular complexity index is 1720. The molecule has 0 aliphatic rings. The largest absolute Gasteiger partial charge is 0.324 e. The van der Waals surface area contributed by atoms with Gasteiger partial charge in [-0.2, -0.15) is 0 Å². The third-order valence-corrected chi connectivity index (χ3v) is 7.35. The number of aromatic nitrogens is 2. The zero-order valence-corrected chi connectivity index (χ0v) is 26.0. The molecular weight excluding hydrogens is 530 g/mol. The van der Waals surface area contributed by atoms with E-state index < -0.39 is 0 Å². The molecule has 0 saturated heterocycles. The first-order chi connectivity index (χ1) is 20.5. The highest BCUT2D eigenvalue weighted by molar-refractivity contribution is 6.05. The average molecular weight is 572 g/mol. The number of aryl methyl sites for hydroxylation is 1. The minimum Gasteiger partial charge on any atom is -0.324 e. The van der Waals surface area contributed by atoms with E-state index in [0.29, 0.717) is 11.5 Å². The van der Waals surface area contributed by atoms with E-state index in [-0.39, 0.29) is 16.9 Å². The lowest BCUT2D eigenvalue weighted by molar-refractivity contribution is 0.102. The van der Waals surface area contributed by atoms with Gasteiger partial charge in [-0.3, -0.25) is 4.79 Å². The standard InChI is InChI=1S/C37H41N5O/c1-25-16-17-26(23-38-37(5,6)24-36(2,3)4)22-32(25)40-34(43)28-18-20-29(21-19-28)39-35-41-31-15-11-10-14-30(31)33(42-35)27-12-8-7-9-13-27/h7-22,38H,23-24H2,1-6H3,(H,40,43)(H,39,41,42). The number of nitrogens with zero attached hydrogens (tertiary/aromatic N) is 2. The van der Waals surface area contributed by atoms with Crippen molar-refractivity contribution in [2.75, 3.05) is 10.6 Å². The molecule has 3 N–H and O–H groups in total. The SMILES string of the molecule is Cc1ccc(CNC(C)(C)CC(C)(C)C)cc1NC(=O)c1ccc(Nc2nc(-c3ccccc3)c3ccccc3n2)cc1. The van der Waals surface area contributed by atoms with Gasteiger partial charge in [0.2, 0.25) is 5.95 Å². The van der Waals surface area contributed by atoms with Crippen molar-refractivity contribution < 1.29 is 4.79 Å². The summed E-state index contributed by atoms with van der Waals surface area (Å²) in [6.07, 6.45) is 1.06. The Morgan fingerprint density at radius 3 is 2.21 bits per heavy atom. The van der Waals surface area contributed by atoms with Gasteiger partial charge in [0.1, 0.15) is 0 Å². The number of hydrogen-bond acceptors (Lipinski definition) is 5. The first kappa shape index (κ1) is 29.9. The van der Waals surface area contributed by atoms with Gasteiger partial charge < -0.3 is 16.0 Å². The molecule has 0 aliphatic heterocycles. The van der Waals surface area contributed by atoms with Crippen LogP contribution in [0.3, 0.4) is 0 Å². The number of para-hydroxylation sites is 1. The van der Waals surface area contributed by atoms with E-state index in [1.807, 2.05) is 85.8 Å². The van der Waals surface area contributed by atoms with Crippen LogP contribution < -0.4 is 16.0 Å². The van der Waals surface area contributed by atoms with Gasteiger partial charge in [0.15, 0.2) is 0 Å². The van der Waals surface area contributed by atoms with E-state index in [0.717, 1.165) is 57.6 Å². The predicted octanol–water partition coefficient (Wildman–Crippen LogP) is 8.91. The fourth-order valence-corrected chi connectivity index (χ4v) is 5.62. The molecule has 43 heavy (non-hydrogen) atoms. The fraction of sp³-hybridized carbons (Fsp3) is 0.270. The maximum Gasteiger partial charge on any atom is 0.255 e. The summed E-state index contributed by atoms with van der Waals surface area (Å²) < 4.78 is 0. The van der Waals surface area contributed by atoms with Crippen molar-refractivity contribution in [3.8, 4) is 11.3 Å². The number of carbonyl (C=O) groups excluding carboxylic acids is 1. The molecule has 4 aromatic carbocycles. The van der Waals surface area contributed by atoms with Crippen LogP contribution in [0.5, 0.6) is 0 Å². The van der Waals surface area contributed by atoms with Crippen molar-refractivity contribution in [2.45, 2.75) is 60.0 Å². The molecule has 220 valence electrons. The molecule has 0 aliphatic carbocycles. The Balaban J connectivity index is 1.28. The zero-order chi connectivity index (χ0) is 30.6. The van der Waals surface area contributed by atoms with Crippen molar-refractivity contribution in [3.63, 3.8) is 0 Å². The maximum atomic E-state index is 13.2. The Kier molecular flexibility index (Phi) is 8.60. The number of benzene rings is 4. The van der Waals surface area contributed by atoms with Gasteiger partial charge in [-0.25, -0.2) is 9.97 Å². The molecule has 0 fully saturated rings. The molecule has 1 heterocycles. The van der Waals surface area contributed by atoms with Gasteiger partial charge in [-0.15, -0.1) is 0 Å². The van der Waals surface area contributed by atoms with Crippen molar-refractivity contribution in [2.24, 2.45) is 5.41 Å². The number of nitrogens with one attached hydrogen (secondary N) is 3. The fourth-order valence-electron chi connectivity index (χ4n) is 5.62. The average Bonchev–Trinajstić information content (AvgIpc) is 2.97. The normalized spacial score (nSPS) is 11.9. The van der Waals surface area contributed by atoms with E-state index in [9.17, 15) is 4.79 Å². The van der Waals surface area contributed by atoms with Gasteiger partial charge in [-0.05, 0) is 80.1 Å². The number of amides is 1. The molecule has 5 rings (SSSR count). The Morgan fingerprint density at radius 2 is 1.49 bits per heavy atom. The number of carbonyl (C=O) groups is 1.